The molecule has 0 unspecified atom stereocenters. The van der Waals surface area contributed by atoms with E-state index in [9.17, 15) is 8.42 Å². The number of rotatable bonds is 9. The second-order valence-electron chi connectivity index (χ2n) is 5.23. The minimum atomic E-state index is -3.46. The van der Waals surface area contributed by atoms with Crippen molar-refractivity contribution in [2.24, 2.45) is 5.92 Å². The molecule has 8 heteroatoms. The van der Waals surface area contributed by atoms with Gasteiger partial charge in [0.2, 0.25) is 10.0 Å². The van der Waals surface area contributed by atoms with E-state index in [-0.39, 0.29) is 0 Å². The Balaban J connectivity index is 1.94. The van der Waals surface area contributed by atoms with Gasteiger partial charge in [-0.15, -0.1) is 11.3 Å². The summed E-state index contributed by atoms with van der Waals surface area (Å²) >= 11 is 4.79. The van der Waals surface area contributed by atoms with Crippen molar-refractivity contribution < 1.29 is 13.2 Å². The standard InChI is InChI=1S/C13H21BrN2O3S2/c1-15-8-11-7-12(13(14)20-11)21(17,18)16(2)5-6-19-9-10-3-4-10/h7,10,15H,3-6,8-9H2,1-2H3. The third kappa shape index (κ3) is 4.74. The van der Waals surface area contributed by atoms with Crippen molar-refractivity contribution in [3.8, 4) is 0 Å². The SMILES string of the molecule is CNCc1cc(S(=O)(=O)N(C)CCOCC2CC2)c(Br)s1. The summed E-state index contributed by atoms with van der Waals surface area (Å²) in [5, 5.41) is 3.02. The molecule has 0 radical (unpaired) electrons. The van der Waals surface area contributed by atoms with Gasteiger partial charge < -0.3 is 10.1 Å². The van der Waals surface area contributed by atoms with Crippen molar-refractivity contribution >= 4 is 37.3 Å². The van der Waals surface area contributed by atoms with Crippen LogP contribution in [0, 0.1) is 5.92 Å². The van der Waals surface area contributed by atoms with E-state index in [0.717, 1.165) is 11.5 Å². The predicted octanol–water partition coefficient (Wildman–Crippen LogP) is 2.28. The minimum absolute atomic E-state index is 0.336. The number of halogens is 1. The molecule has 1 aromatic heterocycles. The highest BCUT2D eigenvalue weighted by Crippen LogP contribution is 2.33. The highest BCUT2D eigenvalue weighted by Gasteiger charge is 2.26. The highest BCUT2D eigenvalue weighted by atomic mass is 79.9. The molecule has 0 saturated heterocycles. The summed E-state index contributed by atoms with van der Waals surface area (Å²) in [4.78, 5) is 1.32. The summed E-state index contributed by atoms with van der Waals surface area (Å²) in [6.45, 7) is 2.23. The third-order valence-electron chi connectivity index (χ3n) is 3.35. The van der Waals surface area contributed by atoms with Crippen LogP contribution in [0.5, 0.6) is 0 Å². The monoisotopic (exact) mass is 396 g/mol. The first kappa shape index (κ1) is 17.4. The van der Waals surface area contributed by atoms with Crippen LogP contribution >= 0.6 is 27.3 Å². The molecule has 1 saturated carbocycles. The van der Waals surface area contributed by atoms with Crippen LogP contribution in [-0.2, 0) is 21.3 Å². The number of ether oxygens (including phenoxy) is 1. The zero-order valence-corrected chi connectivity index (χ0v) is 15.5. The van der Waals surface area contributed by atoms with Crippen LogP contribution in [0.2, 0.25) is 0 Å². The lowest BCUT2D eigenvalue weighted by Crippen LogP contribution is -2.30. The van der Waals surface area contributed by atoms with Crippen LogP contribution in [0.3, 0.4) is 0 Å². The summed E-state index contributed by atoms with van der Waals surface area (Å²) in [7, 11) is -0.0298. The van der Waals surface area contributed by atoms with Crippen molar-refractivity contribution in [2.75, 3.05) is 33.9 Å². The largest absolute Gasteiger partial charge is 0.380 e. The van der Waals surface area contributed by atoms with Gasteiger partial charge in [0.05, 0.1) is 10.4 Å². The molecule has 2 rings (SSSR count). The molecule has 1 fully saturated rings. The highest BCUT2D eigenvalue weighted by molar-refractivity contribution is 9.11. The topological polar surface area (TPSA) is 58.6 Å². The fourth-order valence-corrected chi connectivity index (χ4v) is 5.65. The molecule has 0 bridgehead atoms. The summed E-state index contributed by atoms with van der Waals surface area (Å²) in [5.74, 6) is 0.696. The Hall–Kier alpha value is 0.01000. The second kappa shape index (κ2) is 7.52. The van der Waals surface area contributed by atoms with Crippen LogP contribution in [-0.4, -0.2) is 46.6 Å². The molecule has 0 atom stereocenters. The molecule has 1 aromatic rings. The van der Waals surface area contributed by atoms with Crippen LogP contribution in [0.25, 0.3) is 0 Å². The van der Waals surface area contributed by atoms with Crippen molar-refractivity contribution in [1.82, 2.24) is 9.62 Å². The Morgan fingerprint density at radius 2 is 2.24 bits per heavy atom. The van der Waals surface area contributed by atoms with E-state index < -0.39 is 10.0 Å². The Labute approximate surface area is 138 Å². The summed E-state index contributed by atoms with van der Waals surface area (Å²) in [5.41, 5.74) is 0. The molecule has 5 nitrogen and oxygen atoms in total. The summed E-state index contributed by atoms with van der Waals surface area (Å²) < 4.78 is 32.6. The van der Waals surface area contributed by atoms with Crippen LogP contribution in [0.1, 0.15) is 17.7 Å². The molecular weight excluding hydrogens is 376 g/mol. The number of hydrogen-bond acceptors (Lipinski definition) is 5. The van der Waals surface area contributed by atoms with E-state index in [1.54, 1.807) is 13.1 Å². The Morgan fingerprint density at radius 1 is 1.52 bits per heavy atom. The fourth-order valence-electron chi connectivity index (χ4n) is 1.85. The average Bonchev–Trinajstić information content (AvgIpc) is 3.17. The van der Waals surface area contributed by atoms with Gasteiger partial charge in [0.1, 0.15) is 4.90 Å². The number of nitrogens with zero attached hydrogens (tertiary/aromatic N) is 1. The van der Waals surface area contributed by atoms with E-state index in [1.807, 2.05) is 7.05 Å². The Kier molecular flexibility index (Phi) is 6.22. The number of nitrogens with one attached hydrogen (secondary N) is 1. The normalized spacial score (nSPS) is 15.8. The van der Waals surface area contributed by atoms with Gasteiger partial charge in [0.25, 0.3) is 0 Å². The molecule has 0 spiro atoms. The minimum Gasteiger partial charge on any atom is -0.380 e. The molecular formula is C13H21BrN2O3S2. The first-order valence-electron chi connectivity index (χ1n) is 6.92. The number of thiophene rings is 1. The van der Waals surface area contributed by atoms with Gasteiger partial charge in [-0.25, -0.2) is 8.42 Å². The number of hydrogen-bond donors (Lipinski definition) is 1. The van der Waals surface area contributed by atoms with E-state index in [4.69, 9.17) is 4.74 Å². The van der Waals surface area contributed by atoms with Gasteiger partial charge in [-0.3, -0.25) is 0 Å². The van der Waals surface area contributed by atoms with Gasteiger partial charge in [-0.2, -0.15) is 4.31 Å². The quantitative estimate of drug-likeness (QED) is 0.650. The van der Waals surface area contributed by atoms with Gasteiger partial charge in [0.15, 0.2) is 0 Å². The molecule has 21 heavy (non-hydrogen) atoms. The molecule has 1 aliphatic carbocycles. The maximum atomic E-state index is 12.5. The molecule has 120 valence electrons. The molecule has 0 aliphatic heterocycles. The number of likely N-dealkylation sites (N-methyl/N-ethyl adjacent to an activating group) is 1. The maximum absolute atomic E-state index is 12.5. The molecule has 1 heterocycles. The Bertz CT molecular complexity index is 570. The summed E-state index contributed by atoms with van der Waals surface area (Å²) in [6, 6.07) is 1.72. The lowest BCUT2D eigenvalue weighted by molar-refractivity contribution is 0.117. The molecule has 0 aromatic carbocycles. The smallest absolute Gasteiger partial charge is 0.244 e. The van der Waals surface area contributed by atoms with Crippen LogP contribution in [0.15, 0.2) is 14.7 Å². The lowest BCUT2D eigenvalue weighted by atomic mass is 10.5. The van der Waals surface area contributed by atoms with Crippen LogP contribution < -0.4 is 5.32 Å². The van der Waals surface area contributed by atoms with Gasteiger partial charge in [-0.1, -0.05) is 0 Å². The molecule has 0 amide bonds. The Morgan fingerprint density at radius 3 is 2.86 bits per heavy atom. The number of sulfonamides is 1. The van der Waals surface area contributed by atoms with Crippen molar-refractivity contribution in [3.05, 3.63) is 14.7 Å². The van der Waals surface area contributed by atoms with E-state index in [0.29, 0.717) is 34.3 Å². The first-order chi connectivity index (χ1) is 9.95. The second-order valence-corrected chi connectivity index (χ2v) is 9.69. The van der Waals surface area contributed by atoms with Gasteiger partial charge in [0, 0.05) is 31.6 Å². The molecule has 1 aliphatic rings. The van der Waals surface area contributed by atoms with Crippen molar-refractivity contribution in [3.63, 3.8) is 0 Å². The van der Waals surface area contributed by atoms with E-state index >= 15 is 0 Å². The predicted molar refractivity (Wildman–Crippen MR) is 88.1 cm³/mol. The zero-order valence-electron chi connectivity index (χ0n) is 12.3. The van der Waals surface area contributed by atoms with E-state index in [1.165, 1.54) is 28.5 Å². The van der Waals surface area contributed by atoms with E-state index in [2.05, 4.69) is 21.2 Å². The zero-order chi connectivity index (χ0) is 15.5. The lowest BCUT2D eigenvalue weighted by Gasteiger charge is -2.16. The maximum Gasteiger partial charge on any atom is 0.244 e. The van der Waals surface area contributed by atoms with Gasteiger partial charge >= 0.3 is 0 Å². The molecule has 1 N–H and O–H groups in total. The first-order valence-corrected chi connectivity index (χ1v) is 9.97. The fraction of sp³-hybridized carbons (Fsp3) is 0.692. The summed E-state index contributed by atoms with van der Waals surface area (Å²) in [6.07, 6.45) is 2.48. The van der Waals surface area contributed by atoms with Crippen molar-refractivity contribution in [1.29, 1.82) is 0 Å². The van der Waals surface area contributed by atoms with Gasteiger partial charge in [-0.05, 0) is 47.8 Å². The average molecular weight is 397 g/mol. The van der Waals surface area contributed by atoms with Crippen LogP contribution in [0.4, 0.5) is 0 Å². The van der Waals surface area contributed by atoms with Crippen molar-refractivity contribution in [2.45, 2.75) is 24.3 Å². The third-order valence-corrected chi connectivity index (χ3v) is 7.46.